The van der Waals surface area contributed by atoms with Crippen LogP contribution in [0.3, 0.4) is 0 Å². The van der Waals surface area contributed by atoms with Crippen LogP contribution >= 0.6 is 0 Å². The highest BCUT2D eigenvalue weighted by Crippen LogP contribution is 2.47. The SMILES string of the molecule is c1ccc(N(c2ccccc2)c2ccc(-c3ccc4c5c3ccc3c(N(c6ccccc6)c6ccccc6)ccc(c35)n4-c3ccccc3)nc2)cc1. The number of aromatic nitrogens is 2. The van der Waals surface area contributed by atoms with E-state index in [-0.39, 0.29) is 0 Å². The van der Waals surface area contributed by atoms with Crippen molar-refractivity contribution in [2.45, 2.75) is 0 Å². The number of hydrogen-bond donors (Lipinski definition) is 0. The Balaban J connectivity index is 1.18. The maximum Gasteiger partial charge on any atom is 0.0709 e. The van der Waals surface area contributed by atoms with Gasteiger partial charge < -0.3 is 14.4 Å². The maximum absolute atomic E-state index is 5.14. The first-order chi connectivity index (χ1) is 26.3. The summed E-state index contributed by atoms with van der Waals surface area (Å²) in [5.74, 6) is 0. The van der Waals surface area contributed by atoms with Crippen LogP contribution in [0.5, 0.6) is 0 Å². The molecular formula is C49H34N4. The molecule has 0 spiro atoms. The second kappa shape index (κ2) is 12.9. The topological polar surface area (TPSA) is 24.3 Å². The van der Waals surface area contributed by atoms with Crippen LogP contribution in [0.1, 0.15) is 0 Å². The molecule has 0 saturated heterocycles. The van der Waals surface area contributed by atoms with Crippen LogP contribution in [0.4, 0.5) is 34.1 Å². The summed E-state index contributed by atoms with van der Waals surface area (Å²) in [6.07, 6.45) is 1.99. The average Bonchev–Trinajstić information content (AvgIpc) is 3.58. The van der Waals surface area contributed by atoms with Crippen molar-refractivity contribution in [2.24, 2.45) is 0 Å². The lowest BCUT2D eigenvalue weighted by Crippen LogP contribution is -2.10. The maximum atomic E-state index is 5.14. The Bertz CT molecular complexity index is 2720. The summed E-state index contributed by atoms with van der Waals surface area (Å²) in [7, 11) is 0. The highest BCUT2D eigenvalue weighted by atomic mass is 15.2. The Kier molecular flexibility index (Phi) is 7.43. The number of anilines is 6. The Morgan fingerprint density at radius 2 is 0.830 bits per heavy atom. The van der Waals surface area contributed by atoms with Crippen LogP contribution in [0.15, 0.2) is 206 Å². The quantitative estimate of drug-likeness (QED) is 0.150. The lowest BCUT2D eigenvalue weighted by Gasteiger charge is -2.27. The Morgan fingerprint density at radius 3 is 1.36 bits per heavy atom. The zero-order valence-electron chi connectivity index (χ0n) is 28.9. The van der Waals surface area contributed by atoms with E-state index in [2.05, 4.69) is 202 Å². The first kappa shape index (κ1) is 30.6. The molecule has 0 radical (unpaired) electrons. The first-order valence-corrected chi connectivity index (χ1v) is 18.0. The van der Waals surface area contributed by atoms with Crippen LogP contribution in [-0.4, -0.2) is 9.55 Å². The van der Waals surface area contributed by atoms with E-state index in [0.717, 1.165) is 51.1 Å². The van der Waals surface area contributed by atoms with E-state index in [1.807, 2.05) is 18.3 Å². The second-order valence-corrected chi connectivity index (χ2v) is 13.2. The standard InChI is InChI=1S/C49H34N4/c1-6-16-35(17-7-1)51(36-18-8-2-9-19-36)40-26-30-44(50-34-40)41-29-31-46-48-42(41)27-28-43-45(32-33-47(49(43)48)53(46)39-24-14-5-15-25-39)52(37-20-10-3-11-21-37)38-22-12-4-13-23-38/h1-34H. The van der Waals surface area contributed by atoms with E-state index >= 15 is 0 Å². The number of rotatable bonds is 8. The summed E-state index contributed by atoms with van der Waals surface area (Å²) in [6, 6.07) is 70.9. The molecule has 53 heavy (non-hydrogen) atoms. The third-order valence-corrected chi connectivity index (χ3v) is 10.2. The largest absolute Gasteiger partial charge is 0.310 e. The van der Waals surface area contributed by atoms with Crippen LogP contribution in [-0.2, 0) is 0 Å². The van der Waals surface area contributed by atoms with Gasteiger partial charge in [-0.1, -0.05) is 109 Å². The smallest absolute Gasteiger partial charge is 0.0709 e. The number of nitrogens with zero attached hydrogens (tertiary/aromatic N) is 4. The number of benzene rings is 8. The molecule has 0 atom stereocenters. The lowest BCUT2D eigenvalue weighted by atomic mass is 9.95. The van der Waals surface area contributed by atoms with E-state index in [0.29, 0.717) is 0 Å². The van der Waals surface area contributed by atoms with Gasteiger partial charge in [0, 0.05) is 50.2 Å². The molecule has 10 aromatic rings. The molecule has 0 N–H and O–H groups in total. The summed E-state index contributed by atoms with van der Waals surface area (Å²) in [4.78, 5) is 9.75. The summed E-state index contributed by atoms with van der Waals surface area (Å²) in [5.41, 5.74) is 12.1. The van der Waals surface area contributed by atoms with Gasteiger partial charge in [-0.15, -0.1) is 0 Å². The third kappa shape index (κ3) is 5.19. The van der Waals surface area contributed by atoms with Crippen molar-refractivity contribution in [3.63, 3.8) is 0 Å². The molecule has 2 heterocycles. The number of para-hydroxylation sites is 5. The zero-order valence-corrected chi connectivity index (χ0v) is 28.9. The molecule has 10 rings (SSSR count). The minimum Gasteiger partial charge on any atom is -0.310 e. The van der Waals surface area contributed by atoms with E-state index in [1.165, 1.54) is 32.6 Å². The molecule has 250 valence electrons. The summed E-state index contributed by atoms with van der Waals surface area (Å²) in [6.45, 7) is 0. The molecule has 0 bridgehead atoms. The summed E-state index contributed by atoms with van der Waals surface area (Å²) in [5, 5.41) is 4.86. The van der Waals surface area contributed by atoms with Crippen molar-refractivity contribution in [1.29, 1.82) is 0 Å². The van der Waals surface area contributed by atoms with Crippen LogP contribution < -0.4 is 9.80 Å². The summed E-state index contributed by atoms with van der Waals surface area (Å²) < 4.78 is 2.40. The highest BCUT2D eigenvalue weighted by Gasteiger charge is 2.24. The van der Waals surface area contributed by atoms with E-state index in [9.17, 15) is 0 Å². The summed E-state index contributed by atoms with van der Waals surface area (Å²) >= 11 is 0. The molecule has 8 aromatic carbocycles. The van der Waals surface area contributed by atoms with Crippen LogP contribution in [0.2, 0.25) is 0 Å². The average molecular weight is 679 g/mol. The van der Waals surface area contributed by atoms with Gasteiger partial charge in [-0.3, -0.25) is 4.98 Å². The number of hydrogen-bond acceptors (Lipinski definition) is 3. The van der Waals surface area contributed by atoms with E-state index in [4.69, 9.17) is 4.98 Å². The van der Waals surface area contributed by atoms with Gasteiger partial charge in [0.1, 0.15) is 0 Å². The van der Waals surface area contributed by atoms with Crippen molar-refractivity contribution >= 4 is 66.7 Å². The molecule has 4 heteroatoms. The third-order valence-electron chi connectivity index (χ3n) is 10.2. The van der Waals surface area contributed by atoms with Crippen molar-refractivity contribution < 1.29 is 0 Å². The highest BCUT2D eigenvalue weighted by molar-refractivity contribution is 6.28. The predicted octanol–water partition coefficient (Wildman–Crippen LogP) is 13.4. The molecule has 0 aliphatic carbocycles. The molecule has 4 nitrogen and oxygen atoms in total. The van der Waals surface area contributed by atoms with Crippen molar-refractivity contribution in [2.75, 3.05) is 9.80 Å². The van der Waals surface area contributed by atoms with Gasteiger partial charge >= 0.3 is 0 Å². The fourth-order valence-electron chi connectivity index (χ4n) is 7.88. The van der Waals surface area contributed by atoms with Gasteiger partial charge in [-0.05, 0) is 96.4 Å². The van der Waals surface area contributed by atoms with Gasteiger partial charge in [0.2, 0.25) is 0 Å². The Hall–Kier alpha value is -7.17. The van der Waals surface area contributed by atoms with Crippen LogP contribution in [0, 0.1) is 0 Å². The van der Waals surface area contributed by atoms with Crippen LogP contribution in [0.25, 0.3) is 49.5 Å². The van der Waals surface area contributed by atoms with E-state index in [1.54, 1.807) is 0 Å². The first-order valence-electron chi connectivity index (χ1n) is 18.0. The van der Waals surface area contributed by atoms with Gasteiger partial charge in [0.25, 0.3) is 0 Å². The fourth-order valence-corrected chi connectivity index (χ4v) is 7.88. The molecular weight excluding hydrogens is 645 g/mol. The van der Waals surface area contributed by atoms with Gasteiger partial charge in [-0.25, -0.2) is 0 Å². The van der Waals surface area contributed by atoms with Gasteiger partial charge in [-0.2, -0.15) is 0 Å². The van der Waals surface area contributed by atoms with Crippen molar-refractivity contribution in [3.8, 4) is 16.9 Å². The second-order valence-electron chi connectivity index (χ2n) is 13.2. The lowest BCUT2D eigenvalue weighted by molar-refractivity contribution is 1.18. The van der Waals surface area contributed by atoms with Crippen molar-refractivity contribution in [3.05, 3.63) is 206 Å². The molecule has 0 fully saturated rings. The Morgan fingerprint density at radius 1 is 0.358 bits per heavy atom. The molecule has 0 amide bonds. The Labute approximate surface area is 308 Å². The van der Waals surface area contributed by atoms with Gasteiger partial charge in [0.05, 0.1) is 34.3 Å². The zero-order chi connectivity index (χ0) is 35.1. The van der Waals surface area contributed by atoms with E-state index < -0.39 is 0 Å². The molecule has 2 aromatic heterocycles. The predicted molar refractivity (Wildman–Crippen MR) is 222 cm³/mol. The molecule has 0 saturated carbocycles. The minimum atomic E-state index is 0.937. The molecule has 0 unspecified atom stereocenters. The minimum absolute atomic E-state index is 0.937. The van der Waals surface area contributed by atoms with Crippen molar-refractivity contribution in [1.82, 2.24) is 9.55 Å². The fraction of sp³-hybridized carbons (Fsp3) is 0. The monoisotopic (exact) mass is 678 g/mol. The normalized spacial score (nSPS) is 11.4. The number of pyridine rings is 1. The van der Waals surface area contributed by atoms with Gasteiger partial charge in [0.15, 0.2) is 0 Å². The molecule has 0 aliphatic heterocycles. The molecule has 0 aliphatic rings.